The van der Waals surface area contributed by atoms with E-state index in [1.807, 2.05) is 24.3 Å². The lowest BCUT2D eigenvalue weighted by Gasteiger charge is -2.33. The number of ether oxygens (including phenoxy) is 1. The van der Waals surface area contributed by atoms with Crippen LogP contribution in [0.2, 0.25) is 0 Å². The molecule has 0 spiro atoms. The van der Waals surface area contributed by atoms with Gasteiger partial charge in [-0.2, -0.15) is 0 Å². The Morgan fingerprint density at radius 3 is 2.94 bits per heavy atom. The summed E-state index contributed by atoms with van der Waals surface area (Å²) in [5.41, 5.74) is 6.60. The molecule has 0 amide bonds. The van der Waals surface area contributed by atoms with E-state index in [4.69, 9.17) is 10.5 Å². The second-order valence-corrected chi connectivity index (χ2v) is 6.78. The molecule has 0 aliphatic heterocycles. The van der Waals surface area contributed by atoms with Gasteiger partial charge in [0.15, 0.2) is 0 Å². The van der Waals surface area contributed by atoms with Gasteiger partial charge in [-0.3, -0.25) is 0 Å². The summed E-state index contributed by atoms with van der Waals surface area (Å²) in [5, 5.41) is 0. The SMILES string of the molecule is NC1(CCOc2cccc(Br)c2)CC2CCC1C2. The lowest BCUT2D eigenvalue weighted by Crippen LogP contribution is -2.46. The van der Waals surface area contributed by atoms with Gasteiger partial charge in [0.05, 0.1) is 6.61 Å². The summed E-state index contributed by atoms with van der Waals surface area (Å²) in [6.07, 6.45) is 6.28. The molecule has 98 valence electrons. The number of hydrogen-bond acceptors (Lipinski definition) is 2. The standard InChI is InChI=1S/C15H20BrNO/c16-13-2-1-3-14(9-13)18-7-6-15(17)10-11-4-5-12(15)8-11/h1-3,9,11-12H,4-8,10,17H2. The molecule has 3 atom stereocenters. The van der Waals surface area contributed by atoms with Crippen LogP contribution in [0.25, 0.3) is 0 Å². The third-order valence-corrected chi connectivity index (χ3v) is 5.15. The summed E-state index contributed by atoms with van der Waals surface area (Å²) in [6, 6.07) is 8.00. The highest BCUT2D eigenvalue weighted by molar-refractivity contribution is 9.10. The fourth-order valence-corrected chi connectivity index (χ4v) is 4.09. The third kappa shape index (κ3) is 2.43. The van der Waals surface area contributed by atoms with Gasteiger partial charge in [-0.25, -0.2) is 0 Å². The van der Waals surface area contributed by atoms with Crippen molar-refractivity contribution in [3.63, 3.8) is 0 Å². The average molecular weight is 310 g/mol. The van der Waals surface area contributed by atoms with Crippen LogP contribution < -0.4 is 10.5 Å². The molecule has 2 nitrogen and oxygen atoms in total. The number of rotatable bonds is 4. The quantitative estimate of drug-likeness (QED) is 0.919. The Hall–Kier alpha value is -0.540. The predicted octanol–water partition coefficient (Wildman–Crippen LogP) is 3.74. The Morgan fingerprint density at radius 1 is 1.39 bits per heavy atom. The first-order valence-electron chi connectivity index (χ1n) is 6.83. The first-order chi connectivity index (χ1) is 8.66. The maximum Gasteiger partial charge on any atom is 0.120 e. The molecule has 0 radical (unpaired) electrons. The van der Waals surface area contributed by atoms with Crippen molar-refractivity contribution in [2.45, 2.75) is 37.6 Å². The van der Waals surface area contributed by atoms with Crippen LogP contribution >= 0.6 is 15.9 Å². The van der Waals surface area contributed by atoms with Crippen LogP contribution in [0.4, 0.5) is 0 Å². The van der Waals surface area contributed by atoms with E-state index in [-0.39, 0.29) is 5.54 Å². The Morgan fingerprint density at radius 2 is 2.28 bits per heavy atom. The van der Waals surface area contributed by atoms with Gasteiger partial charge in [0.25, 0.3) is 0 Å². The van der Waals surface area contributed by atoms with Gasteiger partial charge >= 0.3 is 0 Å². The minimum atomic E-state index is 0.0505. The van der Waals surface area contributed by atoms with E-state index in [1.54, 1.807) is 0 Å². The molecule has 3 heteroatoms. The molecule has 18 heavy (non-hydrogen) atoms. The molecule has 2 fully saturated rings. The normalized spacial score (nSPS) is 33.9. The van der Waals surface area contributed by atoms with Gasteiger partial charge in [-0.1, -0.05) is 28.4 Å². The molecule has 0 heterocycles. The van der Waals surface area contributed by atoms with Crippen LogP contribution in [0.15, 0.2) is 28.7 Å². The largest absolute Gasteiger partial charge is 0.493 e. The maximum absolute atomic E-state index is 6.55. The van der Waals surface area contributed by atoms with Crippen molar-refractivity contribution in [3.05, 3.63) is 28.7 Å². The van der Waals surface area contributed by atoms with Gasteiger partial charge in [0.2, 0.25) is 0 Å². The Labute approximate surface area is 117 Å². The zero-order chi connectivity index (χ0) is 12.6. The number of halogens is 1. The fraction of sp³-hybridized carbons (Fsp3) is 0.600. The summed E-state index contributed by atoms with van der Waals surface area (Å²) in [6.45, 7) is 0.732. The number of fused-ring (bicyclic) bond motifs is 2. The van der Waals surface area contributed by atoms with E-state index in [9.17, 15) is 0 Å². The topological polar surface area (TPSA) is 35.2 Å². The van der Waals surface area contributed by atoms with Gasteiger partial charge in [-0.05, 0) is 55.7 Å². The Bertz CT molecular complexity index is 436. The molecule has 0 saturated heterocycles. The molecule has 2 saturated carbocycles. The van der Waals surface area contributed by atoms with Crippen molar-refractivity contribution in [2.24, 2.45) is 17.6 Å². The zero-order valence-electron chi connectivity index (χ0n) is 10.6. The van der Waals surface area contributed by atoms with Gasteiger partial charge < -0.3 is 10.5 Å². The summed E-state index contributed by atoms with van der Waals surface area (Å²) < 4.78 is 6.87. The first kappa shape index (κ1) is 12.5. The molecule has 2 bridgehead atoms. The van der Waals surface area contributed by atoms with Crippen LogP contribution in [-0.4, -0.2) is 12.1 Å². The van der Waals surface area contributed by atoms with E-state index in [2.05, 4.69) is 15.9 Å². The van der Waals surface area contributed by atoms with Crippen molar-refractivity contribution in [2.75, 3.05) is 6.61 Å². The Kier molecular flexibility index (Phi) is 3.37. The van der Waals surface area contributed by atoms with Gasteiger partial charge in [0.1, 0.15) is 5.75 Å². The van der Waals surface area contributed by atoms with E-state index < -0.39 is 0 Å². The molecule has 0 aromatic heterocycles. The van der Waals surface area contributed by atoms with E-state index >= 15 is 0 Å². The summed E-state index contributed by atoms with van der Waals surface area (Å²) in [4.78, 5) is 0. The highest BCUT2D eigenvalue weighted by atomic mass is 79.9. The number of nitrogens with two attached hydrogens (primary N) is 1. The third-order valence-electron chi connectivity index (χ3n) is 4.66. The van der Waals surface area contributed by atoms with Crippen molar-refractivity contribution in [3.8, 4) is 5.75 Å². The molecule has 2 aliphatic carbocycles. The van der Waals surface area contributed by atoms with Gasteiger partial charge in [-0.15, -0.1) is 0 Å². The molecular formula is C15H20BrNO. The van der Waals surface area contributed by atoms with Crippen LogP contribution in [0, 0.1) is 11.8 Å². The van der Waals surface area contributed by atoms with Crippen LogP contribution in [0.3, 0.4) is 0 Å². The van der Waals surface area contributed by atoms with Gasteiger partial charge in [0, 0.05) is 10.0 Å². The smallest absolute Gasteiger partial charge is 0.120 e. The van der Waals surface area contributed by atoms with Crippen molar-refractivity contribution < 1.29 is 4.74 Å². The zero-order valence-corrected chi connectivity index (χ0v) is 12.2. The molecule has 1 aromatic carbocycles. The van der Waals surface area contributed by atoms with Crippen molar-refractivity contribution in [1.29, 1.82) is 0 Å². The second kappa shape index (κ2) is 4.86. The average Bonchev–Trinajstić information content (AvgIpc) is 2.89. The molecule has 2 N–H and O–H groups in total. The lowest BCUT2D eigenvalue weighted by atomic mass is 9.80. The van der Waals surface area contributed by atoms with Crippen molar-refractivity contribution >= 4 is 15.9 Å². The van der Waals surface area contributed by atoms with E-state index in [1.165, 1.54) is 25.7 Å². The molecule has 2 aliphatic rings. The number of hydrogen-bond donors (Lipinski definition) is 1. The Balaban J connectivity index is 1.53. The molecule has 1 aromatic rings. The highest BCUT2D eigenvalue weighted by Gasteiger charge is 2.48. The van der Waals surface area contributed by atoms with Crippen LogP contribution in [0.1, 0.15) is 32.1 Å². The molecular weight excluding hydrogens is 290 g/mol. The minimum absolute atomic E-state index is 0.0505. The minimum Gasteiger partial charge on any atom is -0.493 e. The van der Waals surface area contributed by atoms with Crippen LogP contribution in [-0.2, 0) is 0 Å². The van der Waals surface area contributed by atoms with E-state index in [0.29, 0.717) is 0 Å². The monoisotopic (exact) mass is 309 g/mol. The first-order valence-corrected chi connectivity index (χ1v) is 7.62. The van der Waals surface area contributed by atoms with Crippen molar-refractivity contribution in [1.82, 2.24) is 0 Å². The second-order valence-electron chi connectivity index (χ2n) is 5.87. The maximum atomic E-state index is 6.55. The number of benzene rings is 1. The summed E-state index contributed by atoms with van der Waals surface area (Å²) in [5.74, 6) is 2.57. The fourth-order valence-electron chi connectivity index (χ4n) is 3.71. The molecule has 3 rings (SSSR count). The molecule has 3 unspecified atom stereocenters. The van der Waals surface area contributed by atoms with Crippen LogP contribution in [0.5, 0.6) is 5.75 Å². The highest BCUT2D eigenvalue weighted by Crippen LogP contribution is 2.50. The summed E-state index contributed by atoms with van der Waals surface area (Å²) in [7, 11) is 0. The summed E-state index contributed by atoms with van der Waals surface area (Å²) >= 11 is 3.45. The van der Waals surface area contributed by atoms with E-state index in [0.717, 1.165) is 35.1 Å². The predicted molar refractivity (Wildman–Crippen MR) is 76.6 cm³/mol. The lowest BCUT2D eigenvalue weighted by molar-refractivity contribution is 0.199.